The van der Waals surface area contributed by atoms with E-state index < -0.39 is 0 Å². The van der Waals surface area contributed by atoms with Gasteiger partial charge in [0.15, 0.2) is 0 Å². The van der Waals surface area contributed by atoms with Crippen molar-refractivity contribution >= 4 is 22.6 Å². The van der Waals surface area contributed by atoms with Crippen LogP contribution in [0.15, 0.2) is 12.1 Å². The van der Waals surface area contributed by atoms with Crippen LogP contribution in [0, 0.1) is 5.92 Å². The van der Waals surface area contributed by atoms with Gasteiger partial charge in [0, 0.05) is 17.0 Å². The number of hydrogen-bond acceptors (Lipinski definition) is 4. The molecule has 1 aliphatic carbocycles. The van der Waals surface area contributed by atoms with Crippen LogP contribution in [-0.4, -0.2) is 32.9 Å². The number of benzene rings is 1. The Morgan fingerprint density at radius 3 is 2.90 bits per heavy atom. The summed E-state index contributed by atoms with van der Waals surface area (Å²) in [4.78, 5) is 7.30. The van der Waals surface area contributed by atoms with E-state index in [9.17, 15) is 5.11 Å². The first-order valence-electron chi connectivity index (χ1n) is 7.27. The fourth-order valence-corrected chi connectivity index (χ4v) is 3.08. The van der Waals surface area contributed by atoms with Gasteiger partial charge >= 0.3 is 0 Å². The molecule has 0 aliphatic heterocycles. The molecule has 0 radical (unpaired) electrons. The van der Waals surface area contributed by atoms with E-state index in [1.807, 2.05) is 0 Å². The standard InChI is InChI=1S/C15H19ClN2O3/c16-10-5-11-15(18-14(7-19)17-11)13(6-10)21-8-9-3-1-2-4-12(9)20/h5-6,9,12,19-20H,1-4,7-8H2,(H,17,18). The second kappa shape index (κ2) is 6.22. The summed E-state index contributed by atoms with van der Waals surface area (Å²) in [6.45, 7) is 0.297. The Kier molecular flexibility index (Phi) is 4.33. The minimum absolute atomic E-state index is 0.157. The average Bonchev–Trinajstić information content (AvgIpc) is 2.89. The number of rotatable bonds is 4. The first-order valence-corrected chi connectivity index (χ1v) is 7.65. The van der Waals surface area contributed by atoms with Crippen LogP contribution in [0.4, 0.5) is 0 Å². The van der Waals surface area contributed by atoms with E-state index in [-0.39, 0.29) is 18.6 Å². The van der Waals surface area contributed by atoms with Crippen molar-refractivity contribution in [3.05, 3.63) is 23.0 Å². The molecular weight excluding hydrogens is 292 g/mol. The molecule has 3 N–H and O–H groups in total. The molecule has 2 aromatic rings. The van der Waals surface area contributed by atoms with Crippen LogP contribution in [0.2, 0.25) is 5.02 Å². The summed E-state index contributed by atoms with van der Waals surface area (Å²) >= 11 is 6.09. The zero-order valence-electron chi connectivity index (χ0n) is 11.7. The molecule has 1 saturated carbocycles. The van der Waals surface area contributed by atoms with Crippen molar-refractivity contribution in [1.29, 1.82) is 0 Å². The molecule has 5 nitrogen and oxygen atoms in total. The first-order chi connectivity index (χ1) is 10.2. The second-order valence-electron chi connectivity index (χ2n) is 5.56. The highest BCUT2D eigenvalue weighted by Gasteiger charge is 2.24. The lowest BCUT2D eigenvalue weighted by atomic mass is 9.87. The van der Waals surface area contributed by atoms with E-state index in [4.69, 9.17) is 21.4 Å². The summed E-state index contributed by atoms with van der Waals surface area (Å²) in [6.07, 6.45) is 3.75. The fourth-order valence-electron chi connectivity index (χ4n) is 2.87. The van der Waals surface area contributed by atoms with Gasteiger partial charge < -0.3 is 19.9 Å². The quantitative estimate of drug-likeness (QED) is 0.811. The number of nitrogens with one attached hydrogen (secondary N) is 1. The van der Waals surface area contributed by atoms with E-state index in [1.54, 1.807) is 12.1 Å². The molecule has 0 saturated heterocycles. The summed E-state index contributed by atoms with van der Waals surface area (Å²) in [5, 5.41) is 19.7. The summed E-state index contributed by atoms with van der Waals surface area (Å²) < 4.78 is 5.86. The molecule has 3 rings (SSSR count). The maximum Gasteiger partial charge on any atom is 0.148 e. The van der Waals surface area contributed by atoms with Gasteiger partial charge in [0.25, 0.3) is 0 Å². The van der Waals surface area contributed by atoms with E-state index in [1.165, 1.54) is 0 Å². The summed E-state index contributed by atoms with van der Waals surface area (Å²) in [6, 6.07) is 3.48. The Morgan fingerprint density at radius 1 is 1.33 bits per heavy atom. The number of aliphatic hydroxyl groups excluding tert-OH is 2. The highest BCUT2D eigenvalue weighted by molar-refractivity contribution is 6.31. The number of fused-ring (bicyclic) bond motifs is 1. The fraction of sp³-hybridized carbons (Fsp3) is 0.533. The Hall–Kier alpha value is -1.30. The Bertz CT molecular complexity index is 629. The van der Waals surface area contributed by atoms with Crippen LogP contribution >= 0.6 is 11.6 Å². The maximum absolute atomic E-state index is 10.00. The van der Waals surface area contributed by atoms with Crippen LogP contribution in [0.3, 0.4) is 0 Å². The molecule has 1 aromatic heterocycles. The van der Waals surface area contributed by atoms with Crippen LogP contribution < -0.4 is 4.74 Å². The topological polar surface area (TPSA) is 78.4 Å². The van der Waals surface area contributed by atoms with Gasteiger partial charge in [-0.25, -0.2) is 4.98 Å². The molecule has 6 heteroatoms. The van der Waals surface area contributed by atoms with E-state index in [0.29, 0.717) is 28.7 Å². The smallest absolute Gasteiger partial charge is 0.148 e. The molecule has 1 aromatic carbocycles. The third-order valence-corrected chi connectivity index (χ3v) is 4.26. The van der Waals surface area contributed by atoms with Crippen molar-refractivity contribution in [2.24, 2.45) is 5.92 Å². The van der Waals surface area contributed by atoms with Crippen molar-refractivity contribution < 1.29 is 14.9 Å². The van der Waals surface area contributed by atoms with Gasteiger partial charge in [0.1, 0.15) is 23.7 Å². The highest BCUT2D eigenvalue weighted by Crippen LogP contribution is 2.30. The number of hydrogen-bond donors (Lipinski definition) is 3. The molecule has 1 aliphatic rings. The molecule has 0 amide bonds. The zero-order chi connectivity index (χ0) is 14.8. The highest BCUT2D eigenvalue weighted by atomic mass is 35.5. The van der Waals surface area contributed by atoms with Crippen LogP contribution in [0.5, 0.6) is 5.75 Å². The molecule has 0 bridgehead atoms. The van der Waals surface area contributed by atoms with Crippen LogP contribution in [0.25, 0.3) is 11.0 Å². The van der Waals surface area contributed by atoms with Crippen molar-refractivity contribution in [2.45, 2.75) is 38.4 Å². The molecule has 21 heavy (non-hydrogen) atoms. The maximum atomic E-state index is 10.00. The number of aliphatic hydroxyl groups is 2. The predicted molar refractivity (Wildman–Crippen MR) is 80.5 cm³/mol. The van der Waals surface area contributed by atoms with Gasteiger partial charge in [-0.05, 0) is 18.9 Å². The number of H-pyrrole nitrogens is 1. The van der Waals surface area contributed by atoms with Crippen molar-refractivity contribution in [1.82, 2.24) is 9.97 Å². The van der Waals surface area contributed by atoms with Gasteiger partial charge in [-0.15, -0.1) is 0 Å². The number of aromatic nitrogens is 2. The normalized spacial score (nSPS) is 22.6. The second-order valence-corrected chi connectivity index (χ2v) is 6.00. The number of aromatic amines is 1. The minimum atomic E-state index is -0.291. The van der Waals surface area contributed by atoms with E-state index >= 15 is 0 Å². The SMILES string of the molecule is OCc1nc2c(OCC3CCCCC3O)cc(Cl)cc2[nH]1. The molecule has 2 unspecified atom stereocenters. The third-order valence-electron chi connectivity index (χ3n) is 4.04. The Labute approximate surface area is 127 Å². The van der Waals surface area contributed by atoms with Crippen molar-refractivity contribution in [3.8, 4) is 5.75 Å². The number of halogens is 1. The van der Waals surface area contributed by atoms with Crippen LogP contribution in [-0.2, 0) is 6.61 Å². The molecule has 114 valence electrons. The Morgan fingerprint density at radius 2 is 2.14 bits per heavy atom. The molecule has 0 spiro atoms. The monoisotopic (exact) mass is 310 g/mol. The first kappa shape index (κ1) is 14.6. The van der Waals surface area contributed by atoms with E-state index in [0.717, 1.165) is 31.2 Å². The number of imidazole rings is 1. The molecule has 2 atom stereocenters. The number of nitrogens with zero attached hydrogens (tertiary/aromatic N) is 1. The van der Waals surface area contributed by atoms with Gasteiger partial charge in [0.05, 0.1) is 18.2 Å². The lowest BCUT2D eigenvalue weighted by Crippen LogP contribution is -2.29. The number of ether oxygens (including phenoxy) is 1. The summed E-state index contributed by atoms with van der Waals surface area (Å²) in [5.41, 5.74) is 1.40. The minimum Gasteiger partial charge on any atom is -0.491 e. The average molecular weight is 311 g/mol. The van der Waals surface area contributed by atoms with E-state index in [2.05, 4.69) is 9.97 Å². The zero-order valence-corrected chi connectivity index (χ0v) is 12.4. The molecular formula is C15H19ClN2O3. The molecule has 1 fully saturated rings. The van der Waals surface area contributed by atoms with Gasteiger partial charge in [-0.2, -0.15) is 0 Å². The third kappa shape index (κ3) is 3.15. The largest absolute Gasteiger partial charge is 0.491 e. The predicted octanol–water partition coefficient (Wildman–Crippen LogP) is 2.64. The van der Waals surface area contributed by atoms with Gasteiger partial charge in [-0.1, -0.05) is 24.4 Å². The van der Waals surface area contributed by atoms with Crippen molar-refractivity contribution in [3.63, 3.8) is 0 Å². The van der Waals surface area contributed by atoms with Gasteiger partial charge in [0.2, 0.25) is 0 Å². The Balaban J connectivity index is 1.80. The lowest BCUT2D eigenvalue weighted by molar-refractivity contribution is 0.0425. The molecule has 1 heterocycles. The van der Waals surface area contributed by atoms with Crippen molar-refractivity contribution in [2.75, 3.05) is 6.61 Å². The summed E-state index contributed by atoms with van der Waals surface area (Å²) in [7, 11) is 0. The van der Waals surface area contributed by atoms with Crippen LogP contribution in [0.1, 0.15) is 31.5 Å². The summed E-state index contributed by atoms with van der Waals surface area (Å²) in [5.74, 6) is 1.23. The van der Waals surface area contributed by atoms with Gasteiger partial charge in [-0.3, -0.25) is 0 Å². The lowest BCUT2D eigenvalue weighted by Gasteiger charge is -2.27.